The minimum atomic E-state index is -0.0772. The molecule has 0 aliphatic heterocycles. The fraction of sp³-hybridized carbons (Fsp3) is 0.600. The Balaban J connectivity index is 3.20. The zero-order chi connectivity index (χ0) is 19.3. The van der Waals surface area contributed by atoms with Gasteiger partial charge in [-0.25, -0.2) is 0 Å². The minimum Gasteiger partial charge on any atom is -0.377 e. The third-order valence-electron chi connectivity index (χ3n) is 4.09. The highest BCUT2D eigenvalue weighted by atomic mass is 16.2. The number of amides is 2. The van der Waals surface area contributed by atoms with E-state index in [9.17, 15) is 9.59 Å². The highest BCUT2D eigenvalue weighted by molar-refractivity contribution is 5.92. The average Bonchev–Trinajstić information content (AvgIpc) is 2.51. The zero-order valence-electron chi connectivity index (χ0n) is 16.9. The van der Waals surface area contributed by atoms with E-state index in [1.807, 2.05) is 83.6 Å². The molecule has 0 heterocycles. The summed E-state index contributed by atoms with van der Waals surface area (Å²) in [6, 6.07) is 5.98. The van der Waals surface area contributed by atoms with Gasteiger partial charge < -0.3 is 15.1 Å². The van der Waals surface area contributed by atoms with Gasteiger partial charge in [-0.2, -0.15) is 0 Å². The van der Waals surface area contributed by atoms with E-state index in [0.29, 0.717) is 6.54 Å². The van der Waals surface area contributed by atoms with Crippen molar-refractivity contribution in [2.75, 3.05) is 24.3 Å². The molecule has 0 unspecified atom stereocenters. The van der Waals surface area contributed by atoms with Crippen LogP contribution in [0.1, 0.15) is 47.1 Å². The van der Waals surface area contributed by atoms with Crippen LogP contribution >= 0.6 is 0 Å². The molecule has 0 radical (unpaired) electrons. The topological polar surface area (TPSA) is 52.7 Å². The molecule has 0 spiro atoms. The van der Waals surface area contributed by atoms with Gasteiger partial charge in [0.1, 0.15) is 0 Å². The minimum absolute atomic E-state index is 0.0116. The van der Waals surface area contributed by atoms with Crippen LogP contribution in [0, 0.1) is 11.8 Å². The van der Waals surface area contributed by atoms with Crippen molar-refractivity contribution in [2.24, 2.45) is 11.8 Å². The molecule has 0 fully saturated rings. The Kier molecular flexibility index (Phi) is 7.46. The number of anilines is 2. The largest absolute Gasteiger partial charge is 0.377 e. The number of benzene rings is 1. The standard InChI is InChI=1S/C20H33N3O2/c1-13(2)19(24)21-17-9-10-18(22(7)8)16(11-17)12-23(15(5)6)20(25)14(3)4/h9-11,13-15H,12H2,1-8H3,(H,21,24). The zero-order valence-corrected chi connectivity index (χ0v) is 16.9. The van der Waals surface area contributed by atoms with Gasteiger partial charge in [0, 0.05) is 49.9 Å². The maximum absolute atomic E-state index is 12.6. The lowest BCUT2D eigenvalue weighted by Gasteiger charge is -2.30. The van der Waals surface area contributed by atoms with Crippen LogP contribution in [-0.4, -0.2) is 36.9 Å². The summed E-state index contributed by atoms with van der Waals surface area (Å²) in [5.41, 5.74) is 2.83. The van der Waals surface area contributed by atoms with Crippen molar-refractivity contribution in [1.82, 2.24) is 4.90 Å². The number of hydrogen-bond donors (Lipinski definition) is 1. The normalized spacial score (nSPS) is 11.2. The first kappa shape index (κ1) is 21.0. The summed E-state index contributed by atoms with van der Waals surface area (Å²) < 4.78 is 0. The second-order valence-electron chi connectivity index (χ2n) is 7.60. The highest BCUT2D eigenvalue weighted by Gasteiger charge is 2.22. The van der Waals surface area contributed by atoms with Gasteiger partial charge in [-0.05, 0) is 37.6 Å². The summed E-state index contributed by atoms with van der Waals surface area (Å²) in [5.74, 6) is -0.000426. The Morgan fingerprint density at radius 2 is 1.60 bits per heavy atom. The molecule has 1 aromatic carbocycles. The smallest absolute Gasteiger partial charge is 0.226 e. The summed E-state index contributed by atoms with van der Waals surface area (Å²) >= 11 is 0. The number of carbonyl (C=O) groups is 2. The second-order valence-corrected chi connectivity index (χ2v) is 7.60. The fourth-order valence-corrected chi connectivity index (χ4v) is 2.54. The molecule has 0 atom stereocenters. The number of hydrogen-bond acceptors (Lipinski definition) is 3. The van der Waals surface area contributed by atoms with Crippen LogP contribution in [-0.2, 0) is 16.1 Å². The Morgan fingerprint density at radius 3 is 2.04 bits per heavy atom. The van der Waals surface area contributed by atoms with Crippen molar-refractivity contribution < 1.29 is 9.59 Å². The van der Waals surface area contributed by atoms with Gasteiger partial charge in [-0.1, -0.05) is 27.7 Å². The molecule has 0 saturated heterocycles. The van der Waals surface area contributed by atoms with Crippen molar-refractivity contribution in [1.29, 1.82) is 0 Å². The molecule has 140 valence electrons. The first-order chi connectivity index (χ1) is 11.5. The summed E-state index contributed by atoms with van der Waals surface area (Å²) in [5, 5.41) is 2.94. The molecule has 1 N–H and O–H groups in total. The van der Waals surface area contributed by atoms with E-state index in [4.69, 9.17) is 0 Å². The van der Waals surface area contributed by atoms with Crippen LogP contribution in [0.4, 0.5) is 11.4 Å². The lowest BCUT2D eigenvalue weighted by molar-refractivity contribution is -0.136. The number of carbonyl (C=O) groups excluding carboxylic acids is 2. The highest BCUT2D eigenvalue weighted by Crippen LogP contribution is 2.26. The predicted molar refractivity (Wildman–Crippen MR) is 105 cm³/mol. The van der Waals surface area contributed by atoms with Crippen LogP contribution in [0.2, 0.25) is 0 Å². The van der Waals surface area contributed by atoms with Crippen molar-refractivity contribution >= 4 is 23.2 Å². The first-order valence-electron chi connectivity index (χ1n) is 8.96. The number of nitrogens with one attached hydrogen (secondary N) is 1. The molecule has 0 saturated carbocycles. The SMILES string of the molecule is CC(C)C(=O)Nc1ccc(N(C)C)c(CN(C(=O)C(C)C)C(C)C)c1. The van der Waals surface area contributed by atoms with E-state index >= 15 is 0 Å². The van der Waals surface area contributed by atoms with E-state index in [1.165, 1.54) is 0 Å². The molecule has 5 nitrogen and oxygen atoms in total. The summed E-state index contributed by atoms with van der Waals surface area (Å²) in [4.78, 5) is 28.5. The molecule has 0 bridgehead atoms. The first-order valence-corrected chi connectivity index (χ1v) is 8.96. The van der Waals surface area contributed by atoms with E-state index in [-0.39, 0.29) is 29.7 Å². The Hall–Kier alpha value is -2.04. The van der Waals surface area contributed by atoms with Gasteiger partial charge in [-0.3, -0.25) is 9.59 Å². The molecule has 0 aliphatic carbocycles. The van der Waals surface area contributed by atoms with E-state index in [0.717, 1.165) is 16.9 Å². The van der Waals surface area contributed by atoms with Crippen LogP contribution in [0.25, 0.3) is 0 Å². The van der Waals surface area contributed by atoms with Crippen molar-refractivity contribution in [3.05, 3.63) is 23.8 Å². The predicted octanol–water partition coefficient (Wildman–Crippen LogP) is 3.74. The second kappa shape index (κ2) is 8.88. The average molecular weight is 348 g/mol. The Labute approximate surface area is 152 Å². The van der Waals surface area contributed by atoms with Gasteiger partial charge in [-0.15, -0.1) is 0 Å². The van der Waals surface area contributed by atoms with E-state index in [2.05, 4.69) is 5.32 Å². The number of nitrogens with zero attached hydrogens (tertiary/aromatic N) is 2. The van der Waals surface area contributed by atoms with Gasteiger partial charge >= 0.3 is 0 Å². The van der Waals surface area contributed by atoms with Gasteiger partial charge in [0.15, 0.2) is 0 Å². The Bertz CT molecular complexity index is 607. The lowest BCUT2D eigenvalue weighted by atomic mass is 10.1. The third-order valence-corrected chi connectivity index (χ3v) is 4.09. The van der Waals surface area contributed by atoms with Crippen LogP contribution in [0.5, 0.6) is 0 Å². The lowest BCUT2D eigenvalue weighted by Crippen LogP contribution is -2.39. The molecule has 5 heteroatoms. The third kappa shape index (κ3) is 5.76. The monoisotopic (exact) mass is 347 g/mol. The van der Waals surface area contributed by atoms with Crippen LogP contribution in [0.3, 0.4) is 0 Å². The van der Waals surface area contributed by atoms with Crippen molar-refractivity contribution in [3.63, 3.8) is 0 Å². The van der Waals surface area contributed by atoms with Crippen molar-refractivity contribution in [2.45, 2.75) is 54.1 Å². The van der Waals surface area contributed by atoms with Gasteiger partial charge in [0.25, 0.3) is 0 Å². The molecule has 1 rings (SSSR count). The molecule has 0 aliphatic rings. The maximum Gasteiger partial charge on any atom is 0.226 e. The Morgan fingerprint density at radius 1 is 1.00 bits per heavy atom. The maximum atomic E-state index is 12.6. The van der Waals surface area contributed by atoms with Gasteiger partial charge in [0.05, 0.1) is 0 Å². The van der Waals surface area contributed by atoms with Crippen LogP contribution < -0.4 is 10.2 Å². The fourth-order valence-electron chi connectivity index (χ4n) is 2.54. The van der Waals surface area contributed by atoms with E-state index < -0.39 is 0 Å². The van der Waals surface area contributed by atoms with Gasteiger partial charge in [0.2, 0.25) is 11.8 Å². The number of rotatable bonds is 7. The molecule has 25 heavy (non-hydrogen) atoms. The molecule has 2 amide bonds. The van der Waals surface area contributed by atoms with E-state index in [1.54, 1.807) is 0 Å². The summed E-state index contributed by atoms with van der Waals surface area (Å²) in [6.07, 6.45) is 0. The van der Waals surface area contributed by atoms with Crippen molar-refractivity contribution in [3.8, 4) is 0 Å². The molecular weight excluding hydrogens is 314 g/mol. The van der Waals surface area contributed by atoms with Crippen LogP contribution in [0.15, 0.2) is 18.2 Å². The molecular formula is C20H33N3O2. The summed E-state index contributed by atoms with van der Waals surface area (Å²) in [6.45, 7) is 12.2. The molecule has 1 aromatic rings. The molecule has 0 aromatic heterocycles. The quantitative estimate of drug-likeness (QED) is 0.817. The summed E-state index contributed by atoms with van der Waals surface area (Å²) in [7, 11) is 3.96.